The fourth-order valence-electron chi connectivity index (χ4n) is 1.41. The molecule has 4 nitrogen and oxygen atoms in total. The molecule has 1 heterocycles. The van der Waals surface area contributed by atoms with Crippen molar-refractivity contribution in [2.24, 2.45) is 0 Å². The van der Waals surface area contributed by atoms with E-state index >= 15 is 0 Å². The molecule has 0 aliphatic carbocycles. The summed E-state index contributed by atoms with van der Waals surface area (Å²) in [5.74, 6) is 0. The maximum Gasteiger partial charge on any atom is 0.170 e. The lowest BCUT2D eigenvalue weighted by atomic mass is 10.2. The van der Waals surface area contributed by atoms with Crippen LogP contribution in [0.4, 0.5) is 0 Å². The summed E-state index contributed by atoms with van der Waals surface area (Å²) >= 11 is 5.67. The maximum absolute atomic E-state index is 10.4. The van der Waals surface area contributed by atoms with E-state index in [1.54, 1.807) is 12.1 Å². The molecule has 0 radical (unpaired) electrons. The van der Waals surface area contributed by atoms with Crippen LogP contribution < -0.4 is 4.57 Å². The van der Waals surface area contributed by atoms with Gasteiger partial charge in [0.1, 0.15) is 10.1 Å². The number of aromatic nitrogens is 1. The first kappa shape index (κ1) is 17.4. The average molecular weight is 326 g/mol. The zero-order chi connectivity index (χ0) is 15.9. The summed E-state index contributed by atoms with van der Waals surface area (Å²) in [6.07, 6.45) is 5.68. The van der Waals surface area contributed by atoms with Crippen LogP contribution in [0.5, 0.6) is 0 Å². The van der Waals surface area contributed by atoms with E-state index in [9.17, 15) is 13.0 Å². The van der Waals surface area contributed by atoms with Crippen molar-refractivity contribution in [1.82, 2.24) is 0 Å². The minimum atomic E-state index is -4.27. The Hall–Kier alpha value is -1.69. The molecule has 6 heteroatoms. The number of rotatable bonds is 3. The van der Waals surface area contributed by atoms with Gasteiger partial charge in [-0.2, -0.15) is 0 Å². The van der Waals surface area contributed by atoms with Crippen molar-refractivity contribution in [3.05, 3.63) is 72.0 Å². The number of hydrogen-bond acceptors (Lipinski definition) is 3. The van der Waals surface area contributed by atoms with Crippen molar-refractivity contribution in [2.45, 2.75) is 18.4 Å². The van der Waals surface area contributed by atoms with Crippen LogP contribution in [-0.4, -0.2) is 13.0 Å². The van der Waals surface area contributed by atoms with Crippen molar-refractivity contribution in [1.29, 1.82) is 0 Å². The van der Waals surface area contributed by atoms with Gasteiger partial charge in [-0.25, -0.2) is 13.0 Å². The molecule has 0 N–H and O–H groups in total. The highest BCUT2D eigenvalue weighted by atomic mass is 35.5. The Bertz CT molecular complexity index is 680. The Morgan fingerprint density at radius 2 is 1.71 bits per heavy atom. The number of aryl methyl sites for hydroxylation is 1. The summed E-state index contributed by atoms with van der Waals surface area (Å²) in [7, 11) is -4.27. The van der Waals surface area contributed by atoms with E-state index in [4.69, 9.17) is 11.6 Å². The highest BCUT2D eigenvalue weighted by Gasteiger charge is 1.97. The van der Waals surface area contributed by atoms with E-state index in [0.29, 0.717) is 0 Å². The van der Waals surface area contributed by atoms with Crippen LogP contribution in [0.1, 0.15) is 5.56 Å². The van der Waals surface area contributed by atoms with Gasteiger partial charge < -0.3 is 4.55 Å². The molecular formula is C15H16ClNO3S. The summed E-state index contributed by atoms with van der Waals surface area (Å²) < 4.78 is 33.2. The third-order valence-electron chi connectivity index (χ3n) is 2.50. The molecule has 0 fully saturated rings. The van der Waals surface area contributed by atoms with Gasteiger partial charge in [0.15, 0.2) is 18.9 Å². The number of pyridine rings is 1. The Morgan fingerprint density at radius 3 is 2.14 bits per heavy atom. The molecule has 0 spiro atoms. The molecular weight excluding hydrogens is 310 g/mol. The molecule has 0 atom stereocenters. The molecule has 0 aliphatic heterocycles. The van der Waals surface area contributed by atoms with E-state index in [0.717, 1.165) is 17.1 Å². The molecule has 0 unspecified atom stereocenters. The first-order chi connectivity index (χ1) is 9.82. The first-order valence-electron chi connectivity index (χ1n) is 6.11. The molecule has 1 aromatic heterocycles. The molecule has 0 bridgehead atoms. The summed E-state index contributed by atoms with van der Waals surface area (Å²) in [6, 6.07) is 9.49. The van der Waals surface area contributed by atoms with Crippen molar-refractivity contribution < 1.29 is 17.5 Å². The largest absolute Gasteiger partial charge is 0.744 e. The monoisotopic (exact) mass is 325 g/mol. The lowest BCUT2D eigenvalue weighted by Crippen LogP contribution is -2.30. The van der Waals surface area contributed by atoms with Gasteiger partial charge in [-0.3, -0.25) is 0 Å². The molecule has 2 aromatic rings. The van der Waals surface area contributed by atoms with Gasteiger partial charge >= 0.3 is 0 Å². The van der Waals surface area contributed by atoms with E-state index < -0.39 is 10.1 Å². The van der Waals surface area contributed by atoms with Gasteiger partial charge in [0.2, 0.25) is 0 Å². The van der Waals surface area contributed by atoms with Crippen LogP contribution in [0, 0.1) is 6.92 Å². The van der Waals surface area contributed by atoms with Crippen LogP contribution in [0.2, 0.25) is 5.02 Å². The van der Waals surface area contributed by atoms with Gasteiger partial charge in [-0.1, -0.05) is 35.9 Å². The van der Waals surface area contributed by atoms with Gasteiger partial charge in [0, 0.05) is 12.1 Å². The van der Waals surface area contributed by atoms with Crippen molar-refractivity contribution >= 4 is 21.7 Å². The Labute approximate surface area is 130 Å². The van der Waals surface area contributed by atoms with Crippen molar-refractivity contribution in [2.75, 3.05) is 0 Å². The van der Waals surface area contributed by atoms with Crippen LogP contribution >= 0.6 is 11.6 Å². The zero-order valence-electron chi connectivity index (χ0n) is 11.6. The predicted molar refractivity (Wildman–Crippen MR) is 81.0 cm³/mol. The normalized spacial score (nSPS) is 10.4. The van der Waals surface area contributed by atoms with Crippen molar-refractivity contribution in [3.8, 4) is 0 Å². The standard InChI is InChI=1S/C8H9ClN.C7H8O3S/c1-2-5-10-6-3-8(9)4-7-10;1-6-2-4-7(5-3-6)11(8,9)10/h2-4,6-7H,1,5H2;2-5H,1H3,(H,8,9,10)/q+1;/p-1. The molecule has 112 valence electrons. The number of halogens is 1. The second kappa shape index (κ2) is 7.93. The van der Waals surface area contributed by atoms with Gasteiger partial charge in [0.05, 0.1) is 9.92 Å². The second-order valence-electron chi connectivity index (χ2n) is 4.27. The number of benzene rings is 1. The molecule has 0 saturated carbocycles. The summed E-state index contributed by atoms with van der Waals surface area (Å²) in [5, 5.41) is 0.764. The molecule has 1 aromatic carbocycles. The first-order valence-corrected chi connectivity index (χ1v) is 7.89. The van der Waals surface area contributed by atoms with Crippen LogP contribution in [-0.2, 0) is 16.7 Å². The molecule has 0 saturated heterocycles. The Balaban J connectivity index is 0.000000211. The topological polar surface area (TPSA) is 61.1 Å². The van der Waals surface area contributed by atoms with E-state index in [1.807, 2.05) is 42.1 Å². The fraction of sp³-hybridized carbons (Fsp3) is 0.133. The average Bonchev–Trinajstić information content (AvgIpc) is 2.42. The summed E-state index contributed by atoms with van der Waals surface area (Å²) in [5.41, 5.74) is 0.928. The predicted octanol–water partition coefficient (Wildman–Crippen LogP) is 2.71. The third kappa shape index (κ3) is 6.53. The summed E-state index contributed by atoms with van der Waals surface area (Å²) in [4.78, 5) is -0.178. The van der Waals surface area contributed by atoms with Crippen LogP contribution in [0.3, 0.4) is 0 Å². The zero-order valence-corrected chi connectivity index (χ0v) is 13.1. The van der Waals surface area contributed by atoms with Gasteiger partial charge in [-0.05, 0) is 25.1 Å². The third-order valence-corrected chi connectivity index (χ3v) is 3.60. The van der Waals surface area contributed by atoms with Gasteiger partial charge in [0.25, 0.3) is 0 Å². The number of hydrogen-bond donors (Lipinski definition) is 0. The molecule has 2 rings (SSSR count). The van der Waals surface area contributed by atoms with E-state index in [1.165, 1.54) is 12.1 Å². The smallest absolute Gasteiger partial charge is 0.170 e. The van der Waals surface area contributed by atoms with E-state index in [-0.39, 0.29) is 4.90 Å². The number of nitrogens with zero attached hydrogens (tertiary/aromatic N) is 1. The Kier molecular flexibility index (Phi) is 6.55. The molecule has 0 aliphatic rings. The second-order valence-corrected chi connectivity index (χ2v) is 6.09. The quantitative estimate of drug-likeness (QED) is 0.495. The van der Waals surface area contributed by atoms with Gasteiger partial charge in [-0.15, -0.1) is 0 Å². The molecule has 21 heavy (non-hydrogen) atoms. The molecule has 0 amide bonds. The fourth-order valence-corrected chi connectivity index (χ4v) is 2.00. The number of allylic oxidation sites excluding steroid dienone is 1. The lowest BCUT2D eigenvalue weighted by Gasteiger charge is -2.05. The van der Waals surface area contributed by atoms with Crippen LogP contribution in [0.25, 0.3) is 0 Å². The maximum atomic E-state index is 10.4. The van der Waals surface area contributed by atoms with Crippen LogP contribution in [0.15, 0.2) is 66.3 Å². The highest BCUT2D eigenvalue weighted by molar-refractivity contribution is 7.85. The highest BCUT2D eigenvalue weighted by Crippen LogP contribution is 2.08. The van der Waals surface area contributed by atoms with E-state index in [2.05, 4.69) is 6.58 Å². The SMILES string of the molecule is C=CC[n+]1ccc(Cl)cc1.Cc1ccc(S(=O)(=O)[O-])cc1. The minimum Gasteiger partial charge on any atom is -0.744 e. The Morgan fingerprint density at radius 1 is 1.19 bits per heavy atom. The summed E-state index contributed by atoms with van der Waals surface area (Å²) in [6.45, 7) is 6.28. The van der Waals surface area contributed by atoms with Crippen molar-refractivity contribution in [3.63, 3.8) is 0 Å². The lowest BCUT2D eigenvalue weighted by molar-refractivity contribution is -0.687. The minimum absolute atomic E-state index is 0.178.